The predicted molar refractivity (Wildman–Crippen MR) is 115 cm³/mol. The van der Waals surface area contributed by atoms with Crippen molar-refractivity contribution in [1.29, 1.82) is 0 Å². The van der Waals surface area contributed by atoms with Crippen LogP contribution in [0.15, 0.2) is 0 Å². The minimum Gasteiger partial charge on any atom is -0.364 e. The summed E-state index contributed by atoms with van der Waals surface area (Å²) in [5, 5.41) is 0. The molecular weight excluding hydrogens is 370 g/mol. The van der Waals surface area contributed by atoms with E-state index in [1.807, 2.05) is 16.8 Å². The number of hydrogen-bond donors (Lipinski definition) is 0. The standard InChI is InChI=1S/C21H39N5O3/c1-5-7-13-28-15-25(3)20-22-19(18-11-9-10-12-18)23-21(24-20)26(16-27-4)17-29-14-8-6-2/h18H,5-17H2,1-4H3. The van der Waals surface area contributed by atoms with Crippen molar-refractivity contribution in [3.63, 3.8) is 0 Å². The van der Waals surface area contributed by atoms with Gasteiger partial charge < -0.3 is 19.1 Å². The summed E-state index contributed by atoms with van der Waals surface area (Å²) in [6.07, 6.45) is 9.06. The second-order valence-corrected chi connectivity index (χ2v) is 7.71. The van der Waals surface area contributed by atoms with Crippen LogP contribution in [0.2, 0.25) is 0 Å². The molecule has 0 unspecified atom stereocenters. The van der Waals surface area contributed by atoms with Crippen LogP contribution in [-0.4, -0.2) is 62.5 Å². The summed E-state index contributed by atoms with van der Waals surface area (Å²) in [6.45, 7) is 7.01. The van der Waals surface area contributed by atoms with Crippen LogP contribution in [0.4, 0.5) is 11.9 Å². The van der Waals surface area contributed by atoms with Crippen LogP contribution in [0, 0.1) is 0 Å². The lowest BCUT2D eigenvalue weighted by atomic mass is 10.1. The molecule has 8 nitrogen and oxygen atoms in total. The van der Waals surface area contributed by atoms with Gasteiger partial charge in [-0.25, -0.2) is 0 Å². The first kappa shape index (κ1) is 23.8. The highest BCUT2D eigenvalue weighted by Gasteiger charge is 2.24. The molecule has 0 saturated heterocycles. The monoisotopic (exact) mass is 409 g/mol. The topological polar surface area (TPSA) is 72.8 Å². The molecule has 0 aromatic carbocycles. The third kappa shape index (κ3) is 8.03. The highest BCUT2D eigenvalue weighted by Crippen LogP contribution is 2.33. The lowest BCUT2D eigenvalue weighted by molar-refractivity contribution is 0.101. The highest BCUT2D eigenvalue weighted by atomic mass is 16.5. The molecule has 2 rings (SSSR count). The SMILES string of the molecule is CCCCOCN(C)c1nc(C2CCCC2)nc(N(COC)COCCCC)n1. The summed E-state index contributed by atoms with van der Waals surface area (Å²) >= 11 is 0. The van der Waals surface area contributed by atoms with Crippen LogP contribution in [0.5, 0.6) is 0 Å². The molecule has 1 heterocycles. The smallest absolute Gasteiger partial charge is 0.234 e. The Kier molecular flexibility index (Phi) is 11.2. The van der Waals surface area contributed by atoms with Crippen LogP contribution < -0.4 is 9.80 Å². The van der Waals surface area contributed by atoms with Crippen molar-refractivity contribution < 1.29 is 14.2 Å². The van der Waals surface area contributed by atoms with Gasteiger partial charge in [-0.3, -0.25) is 4.90 Å². The average Bonchev–Trinajstić information content (AvgIpc) is 3.28. The van der Waals surface area contributed by atoms with E-state index in [1.165, 1.54) is 12.8 Å². The molecule has 1 aliphatic rings. The van der Waals surface area contributed by atoms with Crippen molar-refractivity contribution in [3.8, 4) is 0 Å². The number of anilines is 2. The Morgan fingerprint density at radius 2 is 1.48 bits per heavy atom. The average molecular weight is 410 g/mol. The van der Waals surface area contributed by atoms with Gasteiger partial charge in [-0.2, -0.15) is 15.0 Å². The van der Waals surface area contributed by atoms with Gasteiger partial charge in [0.25, 0.3) is 0 Å². The van der Waals surface area contributed by atoms with Crippen LogP contribution in [0.25, 0.3) is 0 Å². The molecule has 0 atom stereocenters. The first-order chi connectivity index (χ1) is 14.2. The zero-order valence-corrected chi connectivity index (χ0v) is 18.7. The van der Waals surface area contributed by atoms with Crippen LogP contribution in [0.1, 0.15) is 77.0 Å². The predicted octanol–water partition coefficient (Wildman–Crippen LogP) is 3.92. The Morgan fingerprint density at radius 3 is 2.10 bits per heavy atom. The fourth-order valence-electron chi connectivity index (χ4n) is 3.28. The molecule has 8 heteroatoms. The zero-order chi connectivity index (χ0) is 20.9. The Balaban J connectivity index is 2.17. The van der Waals surface area contributed by atoms with E-state index in [2.05, 4.69) is 13.8 Å². The molecule has 1 aromatic heterocycles. The number of unbranched alkanes of at least 4 members (excludes halogenated alkanes) is 2. The zero-order valence-electron chi connectivity index (χ0n) is 18.7. The molecule has 0 bridgehead atoms. The van der Waals surface area contributed by atoms with Crippen LogP contribution in [0.3, 0.4) is 0 Å². The molecule has 0 N–H and O–H groups in total. The Hall–Kier alpha value is -1.51. The van der Waals surface area contributed by atoms with Gasteiger partial charge in [0.05, 0.1) is 0 Å². The number of rotatable bonds is 15. The van der Waals surface area contributed by atoms with Crippen molar-refractivity contribution >= 4 is 11.9 Å². The molecule has 0 spiro atoms. The van der Waals surface area contributed by atoms with E-state index in [4.69, 9.17) is 29.2 Å². The lowest BCUT2D eigenvalue weighted by Gasteiger charge is -2.25. The number of nitrogens with zero attached hydrogens (tertiary/aromatic N) is 5. The van der Waals surface area contributed by atoms with Gasteiger partial charge in [0, 0.05) is 33.3 Å². The van der Waals surface area contributed by atoms with Crippen molar-refractivity contribution in [2.75, 3.05) is 57.4 Å². The third-order valence-corrected chi connectivity index (χ3v) is 5.08. The molecule has 29 heavy (non-hydrogen) atoms. The summed E-state index contributed by atoms with van der Waals surface area (Å²) in [5.74, 6) is 2.52. The maximum atomic E-state index is 5.81. The molecule has 1 saturated carbocycles. The number of methoxy groups -OCH3 is 1. The van der Waals surface area contributed by atoms with E-state index in [0.29, 0.717) is 38.0 Å². The first-order valence-corrected chi connectivity index (χ1v) is 11.1. The van der Waals surface area contributed by atoms with Gasteiger partial charge in [-0.05, 0) is 25.7 Å². The van der Waals surface area contributed by atoms with Crippen molar-refractivity contribution in [3.05, 3.63) is 5.82 Å². The molecule has 0 amide bonds. The van der Waals surface area contributed by atoms with Gasteiger partial charge in [-0.1, -0.05) is 39.5 Å². The Bertz CT molecular complexity index is 569. The van der Waals surface area contributed by atoms with Crippen molar-refractivity contribution in [1.82, 2.24) is 15.0 Å². The van der Waals surface area contributed by atoms with E-state index < -0.39 is 0 Å². The van der Waals surface area contributed by atoms with Gasteiger partial charge in [-0.15, -0.1) is 0 Å². The van der Waals surface area contributed by atoms with Gasteiger partial charge in [0.15, 0.2) is 0 Å². The minimum absolute atomic E-state index is 0.371. The second kappa shape index (κ2) is 13.7. The first-order valence-electron chi connectivity index (χ1n) is 11.1. The fraction of sp³-hybridized carbons (Fsp3) is 0.857. The quantitative estimate of drug-likeness (QED) is 0.319. The van der Waals surface area contributed by atoms with Crippen molar-refractivity contribution in [2.24, 2.45) is 0 Å². The van der Waals surface area contributed by atoms with Gasteiger partial charge in [0.2, 0.25) is 11.9 Å². The summed E-state index contributed by atoms with van der Waals surface area (Å²) in [5.41, 5.74) is 0. The summed E-state index contributed by atoms with van der Waals surface area (Å²) in [6, 6.07) is 0. The highest BCUT2D eigenvalue weighted by molar-refractivity contribution is 5.38. The van der Waals surface area contributed by atoms with E-state index in [0.717, 1.165) is 57.6 Å². The molecular formula is C21H39N5O3. The maximum absolute atomic E-state index is 5.81. The Morgan fingerprint density at radius 1 is 0.862 bits per heavy atom. The van der Waals surface area contributed by atoms with Gasteiger partial charge >= 0.3 is 0 Å². The molecule has 166 valence electrons. The number of hydrogen-bond acceptors (Lipinski definition) is 8. The lowest BCUT2D eigenvalue weighted by Crippen LogP contribution is -2.32. The molecule has 1 aliphatic carbocycles. The molecule has 1 aromatic rings. The Labute approximate surface area is 176 Å². The summed E-state index contributed by atoms with van der Waals surface area (Å²) < 4.78 is 16.9. The van der Waals surface area contributed by atoms with E-state index in [1.54, 1.807) is 7.11 Å². The van der Waals surface area contributed by atoms with E-state index >= 15 is 0 Å². The second-order valence-electron chi connectivity index (χ2n) is 7.71. The fourth-order valence-corrected chi connectivity index (χ4v) is 3.28. The summed E-state index contributed by atoms with van der Waals surface area (Å²) in [4.78, 5) is 18.2. The number of ether oxygens (including phenoxy) is 3. The van der Waals surface area contributed by atoms with E-state index in [9.17, 15) is 0 Å². The molecule has 0 radical (unpaired) electrons. The number of aromatic nitrogens is 3. The minimum atomic E-state index is 0.371. The normalized spacial score (nSPS) is 14.5. The maximum Gasteiger partial charge on any atom is 0.234 e. The van der Waals surface area contributed by atoms with Gasteiger partial charge in [0.1, 0.15) is 26.0 Å². The third-order valence-electron chi connectivity index (χ3n) is 5.08. The largest absolute Gasteiger partial charge is 0.364 e. The van der Waals surface area contributed by atoms with E-state index in [-0.39, 0.29) is 0 Å². The van der Waals surface area contributed by atoms with Crippen molar-refractivity contribution in [2.45, 2.75) is 71.1 Å². The summed E-state index contributed by atoms with van der Waals surface area (Å²) in [7, 11) is 3.63. The molecule has 1 fully saturated rings. The van der Waals surface area contributed by atoms with Crippen LogP contribution in [-0.2, 0) is 14.2 Å². The molecule has 0 aliphatic heterocycles. The van der Waals surface area contributed by atoms with Crippen LogP contribution >= 0.6 is 0 Å².